The van der Waals surface area contributed by atoms with Gasteiger partial charge in [-0.1, -0.05) is 0 Å². The van der Waals surface area contributed by atoms with Gasteiger partial charge < -0.3 is 9.84 Å². The van der Waals surface area contributed by atoms with Crippen molar-refractivity contribution in [3.63, 3.8) is 0 Å². The number of furan rings is 1. The molecule has 13 heavy (non-hydrogen) atoms. The lowest BCUT2D eigenvalue weighted by atomic mass is 10.2. The van der Waals surface area contributed by atoms with Crippen LogP contribution in [0.2, 0.25) is 0 Å². The summed E-state index contributed by atoms with van der Waals surface area (Å²) in [6.45, 7) is 0. The highest BCUT2D eigenvalue weighted by Crippen LogP contribution is 2.15. The Morgan fingerprint density at radius 2 is 2.31 bits per heavy atom. The maximum Gasteiger partial charge on any atom is 0.133 e. The molecule has 0 aliphatic carbocycles. The Labute approximate surface area is 76.1 Å². The fourth-order valence-corrected chi connectivity index (χ4v) is 1.20. The average molecular weight is 174 g/mol. The van der Waals surface area contributed by atoms with Crippen LogP contribution in [0.15, 0.2) is 40.0 Å². The topological polar surface area (TPSA) is 37.5 Å². The van der Waals surface area contributed by atoms with Crippen LogP contribution in [0.5, 0.6) is 0 Å². The van der Waals surface area contributed by atoms with Crippen LogP contribution >= 0.6 is 0 Å². The van der Waals surface area contributed by atoms with Crippen LogP contribution in [0.3, 0.4) is 0 Å². The van der Waals surface area contributed by atoms with Gasteiger partial charge in [-0.25, -0.2) is 0 Å². The summed E-state index contributed by atoms with van der Waals surface area (Å²) in [5.41, 5.74) is 4.67. The third kappa shape index (κ3) is 1.54. The molecule has 1 aromatic heterocycles. The zero-order chi connectivity index (χ0) is 9.10. The number of benzene rings is 1. The second-order valence-electron chi connectivity index (χ2n) is 2.70. The molecule has 66 valence electrons. The molecule has 1 heterocycles. The monoisotopic (exact) mass is 174 g/mol. The van der Waals surface area contributed by atoms with Crippen molar-refractivity contribution in [2.24, 2.45) is 5.10 Å². The smallest absolute Gasteiger partial charge is 0.133 e. The summed E-state index contributed by atoms with van der Waals surface area (Å²) in [5.74, 6) is 0. The fraction of sp³-hybridized carbons (Fsp3) is 0.100. The highest BCUT2D eigenvalue weighted by atomic mass is 16.3. The molecule has 0 aliphatic rings. The number of hydrogen-bond acceptors (Lipinski definition) is 3. The Morgan fingerprint density at radius 3 is 3.15 bits per heavy atom. The van der Waals surface area contributed by atoms with Crippen molar-refractivity contribution < 1.29 is 4.42 Å². The average Bonchev–Trinajstić information content (AvgIpc) is 2.61. The van der Waals surface area contributed by atoms with E-state index in [4.69, 9.17) is 4.42 Å². The molecule has 0 saturated heterocycles. The van der Waals surface area contributed by atoms with Crippen LogP contribution < -0.4 is 5.43 Å². The molecule has 0 aliphatic heterocycles. The Hall–Kier alpha value is -1.77. The number of nitrogens with one attached hydrogen (secondary N) is 1. The minimum atomic E-state index is 0.904. The predicted octanol–water partition coefficient (Wildman–Crippen LogP) is 1.99. The van der Waals surface area contributed by atoms with Crippen molar-refractivity contribution in [3.8, 4) is 0 Å². The molecule has 1 aromatic carbocycles. The van der Waals surface area contributed by atoms with E-state index in [0.29, 0.717) is 0 Å². The van der Waals surface area contributed by atoms with Gasteiger partial charge in [0.2, 0.25) is 0 Å². The summed E-state index contributed by atoms with van der Waals surface area (Å²) in [4.78, 5) is 0. The van der Waals surface area contributed by atoms with E-state index in [0.717, 1.165) is 16.5 Å². The summed E-state index contributed by atoms with van der Waals surface area (Å²) in [5, 5.41) is 5.02. The molecule has 0 amide bonds. The van der Waals surface area contributed by atoms with E-state index in [1.807, 2.05) is 24.3 Å². The van der Waals surface area contributed by atoms with Crippen LogP contribution in [0.4, 0.5) is 0 Å². The molecule has 0 fully saturated rings. The third-order valence-electron chi connectivity index (χ3n) is 1.82. The van der Waals surface area contributed by atoms with Gasteiger partial charge in [0.15, 0.2) is 0 Å². The maximum atomic E-state index is 5.22. The second kappa shape index (κ2) is 3.31. The molecular formula is C10H10N2O. The van der Waals surface area contributed by atoms with Crippen LogP contribution in [-0.2, 0) is 0 Å². The van der Waals surface area contributed by atoms with Crippen molar-refractivity contribution >= 4 is 17.2 Å². The number of hydrogen-bond donors (Lipinski definition) is 1. The summed E-state index contributed by atoms with van der Waals surface area (Å²) < 4.78 is 5.22. The Morgan fingerprint density at radius 1 is 1.38 bits per heavy atom. The number of rotatable bonds is 2. The maximum absolute atomic E-state index is 5.22. The van der Waals surface area contributed by atoms with Gasteiger partial charge in [0.25, 0.3) is 0 Å². The molecule has 0 unspecified atom stereocenters. The molecule has 0 bridgehead atoms. The molecule has 0 radical (unpaired) electrons. The first kappa shape index (κ1) is 7.86. The lowest BCUT2D eigenvalue weighted by molar-refractivity contribution is 0.616. The lowest BCUT2D eigenvalue weighted by Crippen LogP contribution is -1.94. The molecule has 0 saturated carbocycles. The SMILES string of the molecule is CN/N=C/c1ccc2occc2c1. The Bertz CT molecular complexity index is 431. The Kier molecular flexibility index (Phi) is 2.00. The molecule has 0 spiro atoms. The van der Waals surface area contributed by atoms with E-state index in [2.05, 4.69) is 10.5 Å². The van der Waals surface area contributed by atoms with Crippen LogP contribution in [-0.4, -0.2) is 13.3 Å². The summed E-state index contributed by atoms with van der Waals surface area (Å²) in [6.07, 6.45) is 3.45. The summed E-state index contributed by atoms with van der Waals surface area (Å²) >= 11 is 0. The van der Waals surface area contributed by atoms with Crippen LogP contribution in [0.1, 0.15) is 5.56 Å². The normalized spacial score (nSPS) is 11.2. The van der Waals surface area contributed by atoms with Gasteiger partial charge in [-0.05, 0) is 29.8 Å². The highest BCUT2D eigenvalue weighted by Gasteiger charge is 1.95. The summed E-state index contributed by atoms with van der Waals surface area (Å²) in [7, 11) is 1.77. The van der Waals surface area contributed by atoms with Gasteiger partial charge in [-0.2, -0.15) is 5.10 Å². The van der Waals surface area contributed by atoms with Crippen molar-refractivity contribution in [2.45, 2.75) is 0 Å². The zero-order valence-electron chi connectivity index (χ0n) is 7.32. The minimum absolute atomic E-state index is 0.904. The minimum Gasteiger partial charge on any atom is -0.464 e. The quantitative estimate of drug-likeness (QED) is 0.558. The van der Waals surface area contributed by atoms with Crippen molar-refractivity contribution in [1.82, 2.24) is 5.43 Å². The molecule has 2 rings (SSSR count). The van der Waals surface area contributed by atoms with E-state index < -0.39 is 0 Å². The molecule has 0 atom stereocenters. The van der Waals surface area contributed by atoms with E-state index in [9.17, 15) is 0 Å². The summed E-state index contributed by atoms with van der Waals surface area (Å²) in [6, 6.07) is 7.87. The van der Waals surface area contributed by atoms with Crippen LogP contribution in [0, 0.1) is 0 Å². The third-order valence-corrected chi connectivity index (χ3v) is 1.82. The first-order valence-corrected chi connectivity index (χ1v) is 4.07. The Balaban J connectivity index is 2.42. The number of nitrogens with zero attached hydrogens (tertiary/aromatic N) is 1. The molecule has 3 nitrogen and oxygen atoms in total. The number of hydrazone groups is 1. The zero-order valence-corrected chi connectivity index (χ0v) is 7.32. The first-order chi connectivity index (χ1) is 6.40. The van der Waals surface area contributed by atoms with Gasteiger partial charge in [-0.3, -0.25) is 0 Å². The standard InChI is InChI=1S/C10H10N2O/c1-11-12-7-8-2-3-10-9(6-8)4-5-13-10/h2-7,11H,1H3/b12-7+. The largest absolute Gasteiger partial charge is 0.464 e. The van der Waals surface area contributed by atoms with Gasteiger partial charge in [0.05, 0.1) is 12.5 Å². The van der Waals surface area contributed by atoms with E-state index >= 15 is 0 Å². The molecular weight excluding hydrogens is 164 g/mol. The lowest BCUT2D eigenvalue weighted by Gasteiger charge is -1.92. The predicted molar refractivity (Wildman–Crippen MR) is 52.9 cm³/mol. The highest BCUT2D eigenvalue weighted by molar-refractivity contribution is 5.87. The van der Waals surface area contributed by atoms with Crippen molar-refractivity contribution in [2.75, 3.05) is 7.05 Å². The van der Waals surface area contributed by atoms with E-state index in [1.165, 1.54) is 0 Å². The van der Waals surface area contributed by atoms with E-state index in [-0.39, 0.29) is 0 Å². The molecule has 1 N–H and O–H groups in total. The second-order valence-corrected chi connectivity index (χ2v) is 2.70. The van der Waals surface area contributed by atoms with Gasteiger partial charge in [-0.15, -0.1) is 0 Å². The van der Waals surface area contributed by atoms with Gasteiger partial charge in [0, 0.05) is 12.4 Å². The van der Waals surface area contributed by atoms with Crippen LogP contribution in [0.25, 0.3) is 11.0 Å². The van der Waals surface area contributed by atoms with Crippen molar-refractivity contribution in [1.29, 1.82) is 0 Å². The fourth-order valence-electron chi connectivity index (χ4n) is 1.20. The van der Waals surface area contributed by atoms with Gasteiger partial charge >= 0.3 is 0 Å². The number of fused-ring (bicyclic) bond motifs is 1. The van der Waals surface area contributed by atoms with Gasteiger partial charge in [0.1, 0.15) is 5.58 Å². The molecule has 2 aromatic rings. The van der Waals surface area contributed by atoms with E-state index in [1.54, 1.807) is 19.5 Å². The molecule has 3 heteroatoms. The first-order valence-electron chi connectivity index (χ1n) is 4.07. The van der Waals surface area contributed by atoms with Crippen molar-refractivity contribution in [3.05, 3.63) is 36.1 Å².